The predicted molar refractivity (Wildman–Crippen MR) is 81.0 cm³/mol. The van der Waals surface area contributed by atoms with Gasteiger partial charge in [-0.25, -0.2) is 4.31 Å². The fraction of sp³-hybridized carbons (Fsp3) is 1.00. The Morgan fingerprint density at radius 2 is 1.72 bits per heavy atom. The molecule has 0 radical (unpaired) electrons. The molecule has 0 N–H and O–H groups in total. The minimum absolute atomic E-state index is 0.719. The molecule has 0 unspecified atom stereocenters. The van der Waals surface area contributed by atoms with Crippen molar-refractivity contribution in [2.75, 3.05) is 39.0 Å². The second-order valence-electron chi connectivity index (χ2n) is 6.02. The van der Waals surface area contributed by atoms with Gasteiger partial charge >= 0.3 is 0 Å². The molecule has 0 bridgehead atoms. The van der Waals surface area contributed by atoms with Crippen molar-refractivity contribution in [3.63, 3.8) is 0 Å². The SMILES string of the molecule is CSN1CCN(C2CCN(C(C)C)CC2)[C@H](C)C1. The van der Waals surface area contributed by atoms with Gasteiger partial charge in [0.2, 0.25) is 0 Å². The molecular weight excluding hydrogens is 242 g/mol. The zero-order valence-corrected chi connectivity index (χ0v) is 13.2. The van der Waals surface area contributed by atoms with E-state index in [0.29, 0.717) is 0 Å². The number of likely N-dealkylation sites (tertiary alicyclic amines) is 1. The standard InChI is InChI=1S/C14H29N3S/c1-12(2)15-7-5-14(6-8-15)17-10-9-16(18-4)11-13(17)3/h12-14H,5-11H2,1-4H3/t13-/m1/s1. The molecule has 2 aliphatic heterocycles. The van der Waals surface area contributed by atoms with Crippen LogP contribution >= 0.6 is 11.9 Å². The van der Waals surface area contributed by atoms with E-state index in [2.05, 4.69) is 41.1 Å². The Labute approximate surface area is 117 Å². The van der Waals surface area contributed by atoms with Gasteiger partial charge in [0.15, 0.2) is 0 Å². The van der Waals surface area contributed by atoms with E-state index in [1.165, 1.54) is 45.6 Å². The van der Waals surface area contributed by atoms with E-state index < -0.39 is 0 Å². The van der Waals surface area contributed by atoms with Crippen LogP contribution in [0.4, 0.5) is 0 Å². The third-order valence-corrected chi connectivity index (χ3v) is 5.45. The van der Waals surface area contributed by atoms with Crippen molar-refractivity contribution in [1.82, 2.24) is 14.1 Å². The average molecular weight is 271 g/mol. The second kappa shape index (κ2) is 6.60. The third-order valence-electron chi connectivity index (χ3n) is 4.60. The maximum Gasteiger partial charge on any atom is 0.0244 e. The van der Waals surface area contributed by atoms with Crippen LogP contribution < -0.4 is 0 Å². The van der Waals surface area contributed by atoms with Crippen LogP contribution in [0.5, 0.6) is 0 Å². The molecule has 4 heteroatoms. The third kappa shape index (κ3) is 3.41. The number of hydrogen-bond donors (Lipinski definition) is 0. The summed E-state index contributed by atoms with van der Waals surface area (Å²) in [6, 6.07) is 2.28. The number of nitrogens with zero attached hydrogens (tertiary/aromatic N) is 3. The molecule has 2 rings (SSSR count). The van der Waals surface area contributed by atoms with Crippen molar-refractivity contribution in [2.24, 2.45) is 0 Å². The van der Waals surface area contributed by atoms with Crippen molar-refractivity contribution < 1.29 is 0 Å². The van der Waals surface area contributed by atoms with Crippen LogP contribution in [0.25, 0.3) is 0 Å². The summed E-state index contributed by atoms with van der Waals surface area (Å²) in [6.45, 7) is 13.3. The summed E-state index contributed by atoms with van der Waals surface area (Å²) in [6.07, 6.45) is 4.92. The maximum atomic E-state index is 2.77. The zero-order chi connectivity index (χ0) is 13.1. The van der Waals surface area contributed by atoms with Crippen LogP contribution in [0.1, 0.15) is 33.6 Å². The van der Waals surface area contributed by atoms with Gasteiger partial charge in [-0.3, -0.25) is 4.90 Å². The van der Waals surface area contributed by atoms with E-state index in [-0.39, 0.29) is 0 Å². The second-order valence-corrected chi connectivity index (χ2v) is 6.90. The molecule has 2 aliphatic rings. The predicted octanol–water partition coefficient (Wildman–Crippen LogP) is 2.14. The smallest absolute Gasteiger partial charge is 0.0244 e. The van der Waals surface area contributed by atoms with Gasteiger partial charge in [-0.05, 0) is 53.0 Å². The quantitative estimate of drug-likeness (QED) is 0.727. The number of piperazine rings is 1. The van der Waals surface area contributed by atoms with E-state index in [1.54, 1.807) is 0 Å². The molecule has 2 heterocycles. The van der Waals surface area contributed by atoms with Crippen molar-refractivity contribution in [3.05, 3.63) is 0 Å². The molecule has 0 aromatic rings. The molecule has 2 fully saturated rings. The maximum absolute atomic E-state index is 2.77. The summed E-state index contributed by atoms with van der Waals surface area (Å²) < 4.78 is 2.50. The van der Waals surface area contributed by atoms with E-state index in [1.807, 2.05) is 11.9 Å². The molecule has 0 aromatic carbocycles. The van der Waals surface area contributed by atoms with Crippen LogP contribution in [0.15, 0.2) is 0 Å². The Kier molecular flexibility index (Phi) is 5.36. The van der Waals surface area contributed by atoms with Gasteiger partial charge in [0.1, 0.15) is 0 Å². The van der Waals surface area contributed by atoms with E-state index in [0.717, 1.165) is 18.1 Å². The van der Waals surface area contributed by atoms with Crippen molar-refractivity contribution in [2.45, 2.75) is 51.7 Å². The van der Waals surface area contributed by atoms with Gasteiger partial charge in [-0.15, -0.1) is 0 Å². The zero-order valence-electron chi connectivity index (χ0n) is 12.4. The molecule has 1 atom stereocenters. The van der Waals surface area contributed by atoms with Crippen molar-refractivity contribution in [3.8, 4) is 0 Å². The van der Waals surface area contributed by atoms with E-state index in [4.69, 9.17) is 0 Å². The summed E-state index contributed by atoms with van der Waals surface area (Å²) >= 11 is 1.90. The lowest BCUT2D eigenvalue weighted by Crippen LogP contribution is -2.56. The van der Waals surface area contributed by atoms with Crippen LogP contribution in [0.3, 0.4) is 0 Å². The summed E-state index contributed by atoms with van der Waals surface area (Å²) in [4.78, 5) is 5.39. The van der Waals surface area contributed by atoms with E-state index in [9.17, 15) is 0 Å². The van der Waals surface area contributed by atoms with Gasteiger partial charge in [-0.2, -0.15) is 0 Å². The normalized spacial score (nSPS) is 30.2. The molecule has 0 amide bonds. The first kappa shape index (κ1) is 14.6. The monoisotopic (exact) mass is 271 g/mol. The Bertz CT molecular complexity index is 251. The van der Waals surface area contributed by atoms with Crippen molar-refractivity contribution in [1.29, 1.82) is 0 Å². The Morgan fingerprint density at radius 1 is 1.06 bits per heavy atom. The summed E-state index contributed by atoms with van der Waals surface area (Å²) in [5.74, 6) is 0. The molecule has 0 spiro atoms. The number of rotatable bonds is 3. The van der Waals surface area contributed by atoms with Crippen LogP contribution in [-0.2, 0) is 0 Å². The first-order valence-electron chi connectivity index (χ1n) is 7.40. The Morgan fingerprint density at radius 3 is 2.22 bits per heavy atom. The lowest BCUT2D eigenvalue weighted by molar-refractivity contribution is 0.0402. The average Bonchev–Trinajstić information content (AvgIpc) is 2.38. The largest absolute Gasteiger partial charge is 0.301 e. The topological polar surface area (TPSA) is 9.72 Å². The number of hydrogen-bond acceptors (Lipinski definition) is 4. The highest BCUT2D eigenvalue weighted by atomic mass is 32.2. The lowest BCUT2D eigenvalue weighted by atomic mass is 9.99. The molecule has 2 saturated heterocycles. The van der Waals surface area contributed by atoms with Gasteiger partial charge in [0, 0.05) is 37.8 Å². The molecule has 0 aromatic heterocycles. The number of piperidine rings is 1. The van der Waals surface area contributed by atoms with Gasteiger partial charge < -0.3 is 4.90 Å². The van der Waals surface area contributed by atoms with Gasteiger partial charge in [-0.1, -0.05) is 11.9 Å². The van der Waals surface area contributed by atoms with E-state index >= 15 is 0 Å². The molecular formula is C14H29N3S. The van der Waals surface area contributed by atoms with Gasteiger partial charge in [0.25, 0.3) is 0 Å². The lowest BCUT2D eigenvalue weighted by Gasteiger charge is -2.46. The molecule has 18 heavy (non-hydrogen) atoms. The highest BCUT2D eigenvalue weighted by molar-refractivity contribution is 7.96. The Hall–Kier alpha value is 0.230. The Balaban J connectivity index is 1.83. The van der Waals surface area contributed by atoms with Crippen LogP contribution in [-0.4, -0.2) is 71.2 Å². The summed E-state index contributed by atoms with van der Waals surface area (Å²) in [7, 11) is 0. The first-order chi connectivity index (χ1) is 8.61. The molecule has 0 saturated carbocycles. The minimum atomic E-state index is 0.719. The molecule has 0 aliphatic carbocycles. The summed E-state index contributed by atoms with van der Waals surface area (Å²) in [5, 5.41) is 0. The van der Waals surface area contributed by atoms with Crippen LogP contribution in [0, 0.1) is 0 Å². The highest BCUT2D eigenvalue weighted by Gasteiger charge is 2.31. The minimum Gasteiger partial charge on any atom is -0.301 e. The molecule has 106 valence electrons. The van der Waals surface area contributed by atoms with Crippen molar-refractivity contribution >= 4 is 11.9 Å². The first-order valence-corrected chi connectivity index (χ1v) is 8.58. The summed E-state index contributed by atoms with van der Waals surface area (Å²) in [5.41, 5.74) is 0. The molecule has 3 nitrogen and oxygen atoms in total. The van der Waals surface area contributed by atoms with Crippen LogP contribution in [0.2, 0.25) is 0 Å². The fourth-order valence-corrected chi connectivity index (χ4v) is 4.01. The fourth-order valence-electron chi connectivity index (χ4n) is 3.38. The highest BCUT2D eigenvalue weighted by Crippen LogP contribution is 2.24. The van der Waals surface area contributed by atoms with Gasteiger partial charge in [0.05, 0.1) is 0 Å².